The maximum atomic E-state index is 13.7. The van der Waals surface area contributed by atoms with Crippen LogP contribution in [0.2, 0.25) is 5.02 Å². The van der Waals surface area contributed by atoms with Crippen molar-refractivity contribution >= 4 is 11.6 Å². The summed E-state index contributed by atoms with van der Waals surface area (Å²) < 4.78 is 13.7. The van der Waals surface area contributed by atoms with Crippen LogP contribution >= 0.6 is 11.6 Å². The van der Waals surface area contributed by atoms with E-state index < -0.39 is 6.04 Å². The van der Waals surface area contributed by atoms with Gasteiger partial charge >= 0.3 is 0 Å². The Morgan fingerprint density at radius 3 is 2.68 bits per heavy atom. The van der Waals surface area contributed by atoms with Crippen molar-refractivity contribution in [1.29, 1.82) is 0 Å². The van der Waals surface area contributed by atoms with E-state index in [1.807, 2.05) is 18.3 Å². The number of benzene rings is 1. The van der Waals surface area contributed by atoms with Gasteiger partial charge in [0, 0.05) is 34.9 Å². The van der Waals surface area contributed by atoms with E-state index >= 15 is 0 Å². The van der Waals surface area contributed by atoms with Crippen LogP contribution in [0, 0.1) is 5.82 Å². The molecule has 0 aliphatic heterocycles. The summed E-state index contributed by atoms with van der Waals surface area (Å²) in [4.78, 5) is 4.33. The molecule has 4 heteroatoms. The standard InChI is InChI=1S/C15H16ClFN2/c1-2-10-6-7-11(19-9-10)8-14(18)15-12(16)4-3-5-13(15)17/h3-7,9,14H,2,8,18H2,1H3. The first-order valence-electron chi connectivity index (χ1n) is 6.25. The van der Waals surface area contributed by atoms with Gasteiger partial charge in [0.25, 0.3) is 0 Å². The fourth-order valence-electron chi connectivity index (χ4n) is 1.98. The maximum Gasteiger partial charge on any atom is 0.129 e. The summed E-state index contributed by atoms with van der Waals surface area (Å²) >= 11 is 6.00. The van der Waals surface area contributed by atoms with E-state index in [2.05, 4.69) is 11.9 Å². The molecule has 0 fully saturated rings. The second-order valence-corrected chi connectivity index (χ2v) is 4.86. The fourth-order valence-corrected chi connectivity index (χ4v) is 2.28. The highest BCUT2D eigenvalue weighted by Crippen LogP contribution is 2.26. The molecule has 2 nitrogen and oxygen atoms in total. The van der Waals surface area contributed by atoms with Crippen LogP contribution in [0.1, 0.15) is 29.8 Å². The summed E-state index contributed by atoms with van der Waals surface area (Å²) in [6.45, 7) is 2.07. The van der Waals surface area contributed by atoms with Gasteiger partial charge in [-0.3, -0.25) is 4.98 Å². The van der Waals surface area contributed by atoms with Crippen molar-refractivity contribution in [3.63, 3.8) is 0 Å². The number of rotatable bonds is 4. The third-order valence-electron chi connectivity index (χ3n) is 3.09. The number of nitrogens with two attached hydrogens (primary N) is 1. The highest BCUT2D eigenvalue weighted by Gasteiger charge is 2.16. The van der Waals surface area contributed by atoms with Crippen molar-refractivity contribution in [3.05, 3.63) is 64.2 Å². The summed E-state index contributed by atoms with van der Waals surface area (Å²) in [6, 6.07) is 8.03. The van der Waals surface area contributed by atoms with Crippen LogP contribution in [0.5, 0.6) is 0 Å². The molecule has 0 amide bonds. The average Bonchev–Trinajstić information content (AvgIpc) is 2.39. The van der Waals surface area contributed by atoms with E-state index in [1.54, 1.807) is 12.1 Å². The zero-order valence-electron chi connectivity index (χ0n) is 10.7. The molecule has 0 bridgehead atoms. The van der Waals surface area contributed by atoms with Gasteiger partial charge in [-0.05, 0) is 30.2 Å². The summed E-state index contributed by atoms with van der Waals surface area (Å²) in [5.74, 6) is -0.370. The van der Waals surface area contributed by atoms with E-state index in [1.165, 1.54) is 11.6 Å². The monoisotopic (exact) mass is 278 g/mol. The van der Waals surface area contributed by atoms with Crippen molar-refractivity contribution < 1.29 is 4.39 Å². The lowest BCUT2D eigenvalue weighted by atomic mass is 10.0. The lowest BCUT2D eigenvalue weighted by Gasteiger charge is -2.14. The zero-order chi connectivity index (χ0) is 13.8. The van der Waals surface area contributed by atoms with Gasteiger partial charge in [-0.2, -0.15) is 0 Å². The lowest BCUT2D eigenvalue weighted by molar-refractivity contribution is 0.578. The number of hydrogen-bond acceptors (Lipinski definition) is 2. The molecule has 100 valence electrons. The fraction of sp³-hybridized carbons (Fsp3) is 0.267. The molecule has 0 saturated carbocycles. The van der Waals surface area contributed by atoms with E-state index in [-0.39, 0.29) is 5.82 Å². The summed E-state index contributed by atoms with van der Waals surface area (Å²) in [5.41, 5.74) is 8.39. The molecule has 1 aromatic heterocycles. The van der Waals surface area contributed by atoms with Gasteiger partial charge in [0.2, 0.25) is 0 Å². The Bertz CT molecular complexity index is 534. The predicted molar refractivity (Wildman–Crippen MR) is 75.7 cm³/mol. The third-order valence-corrected chi connectivity index (χ3v) is 3.42. The van der Waals surface area contributed by atoms with Gasteiger partial charge in [0.1, 0.15) is 5.82 Å². The predicted octanol–water partition coefficient (Wildman–Crippen LogP) is 3.68. The summed E-state index contributed by atoms with van der Waals surface area (Å²) in [5, 5.41) is 0.359. The maximum absolute atomic E-state index is 13.7. The van der Waals surface area contributed by atoms with Gasteiger partial charge in [-0.25, -0.2) is 4.39 Å². The average molecular weight is 279 g/mol. The second kappa shape index (κ2) is 6.13. The van der Waals surface area contributed by atoms with Crippen molar-refractivity contribution in [2.75, 3.05) is 0 Å². The molecule has 1 heterocycles. The number of pyridine rings is 1. The number of aromatic nitrogens is 1. The van der Waals surface area contributed by atoms with Crippen LogP contribution < -0.4 is 5.73 Å². The number of hydrogen-bond donors (Lipinski definition) is 1. The first-order chi connectivity index (χ1) is 9.11. The normalized spacial score (nSPS) is 12.4. The molecule has 0 spiro atoms. The molecule has 0 radical (unpaired) electrons. The van der Waals surface area contributed by atoms with Gasteiger partial charge in [0.15, 0.2) is 0 Å². The Morgan fingerprint density at radius 2 is 2.11 bits per heavy atom. The molecule has 1 atom stereocenters. The van der Waals surface area contributed by atoms with Crippen LogP contribution in [0.3, 0.4) is 0 Å². The molecular weight excluding hydrogens is 263 g/mol. The smallest absolute Gasteiger partial charge is 0.129 e. The molecule has 19 heavy (non-hydrogen) atoms. The highest BCUT2D eigenvalue weighted by atomic mass is 35.5. The van der Waals surface area contributed by atoms with E-state index in [9.17, 15) is 4.39 Å². The molecule has 0 aliphatic rings. The zero-order valence-corrected chi connectivity index (χ0v) is 11.5. The minimum atomic E-state index is -0.492. The van der Waals surface area contributed by atoms with Gasteiger partial charge in [-0.15, -0.1) is 0 Å². The molecule has 1 unspecified atom stereocenters. The Hall–Kier alpha value is -1.45. The summed E-state index contributed by atoms with van der Waals surface area (Å²) in [7, 11) is 0. The molecular formula is C15H16ClFN2. The van der Waals surface area contributed by atoms with Gasteiger partial charge < -0.3 is 5.73 Å². The number of nitrogens with zero attached hydrogens (tertiary/aromatic N) is 1. The van der Waals surface area contributed by atoms with E-state index in [0.717, 1.165) is 12.1 Å². The largest absolute Gasteiger partial charge is 0.323 e. The van der Waals surface area contributed by atoms with Crippen molar-refractivity contribution in [2.24, 2.45) is 5.73 Å². The van der Waals surface area contributed by atoms with Crippen LogP contribution in [-0.4, -0.2) is 4.98 Å². The first kappa shape index (κ1) is 14.0. The molecule has 2 rings (SSSR count). The SMILES string of the molecule is CCc1ccc(CC(N)c2c(F)cccc2Cl)nc1. The van der Waals surface area contributed by atoms with Crippen molar-refractivity contribution in [2.45, 2.75) is 25.8 Å². The van der Waals surface area contributed by atoms with E-state index in [0.29, 0.717) is 17.0 Å². The molecule has 0 saturated heterocycles. The quantitative estimate of drug-likeness (QED) is 0.927. The molecule has 1 aromatic carbocycles. The van der Waals surface area contributed by atoms with Crippen molar-refractivity contribution in [1.82, 2.24) is 4.98 Å². The van der Waals surface area contributed by atoms with Crippen LogP contribution in [0.4, 0.5) is 4.39 Å². The molecule has 0 aliphatic carbocycles. The van der Waals surface area contributed by atoms with Crippen molar-refractivity contribution in [3.8, 4) is 0 Å². The minimum Gasteiger partial charge on any atom is -0.323 e. The Kier molecular flexibility index (Phi) is 4.51. The van der Waals surface area contributed by atoms with Crippen LogP contribution in [0.25, 0.3) is 0 Å². The highest BCUT2D eigenvalue weighted by molar-refractivity contribution is 6.31. The van der Waals surface area contributed by atoms with Gasteiger partial charge in [0.05, 0.1) is 0 Å². The number of halogens is 2. The van der Waals surface area contributed by atoms with Crippen LogP contribution in [0.15, 0.2) is 36.5 Å². The number of aryl methyl sites for hydroxylation is 1. The third kappa shape index (κ3) is 3.31. The molecule has 2 aromatic rings. The minimum absolute atomic E-state index is 0.352. The summed E-state index contributed by atoms with van der Waals surface area (Å²) in [6.07, 6.45) is 3.23. The van der Waals surface area contributed by atoms with Gasteiger partial charge in [-0.1, -0.05) is 30.7 Å². The topological polar surface area (TPSA) is 38.9 Å². The lowest BCUT2D eigenvalue weighted by Crippen LogP contribution is -2.16. The van der Waals surface area contributed by atoms with Crippen LogP contribution in [-0.2, 0) is 12.8 Å². The molecule has 2 N–H and O–H groups in total. The first-order valence-corrected chi connectivity index (χ1v) is 6.63. The van der Waals surface area contributed by atoms with E-state index in [4.69, 9.17) is 17.3 Å². The second-order valence-electron chi connectivity index (χ2n) is 4.46. The Labute approximate surface area is 117 Å². The Morgan fingerprint density at radius 1 is 1.32 bits per heavy atom. The Balaban J connectivity index is 2.18.